The molecule has 0 saturated heterocycles. The lowest BCUT2D eigenvalue weighted by Crippen LogP contribution is -2.49. The van der Waals surface area contributed by atoms with Crippen molar-refractivity contribution in [3.63, 3.8) is 0 Å². The van der Waals surface area contributed by atoms with Crippen LogP contribution < -0.4 is 10.0 Å². The molecule has 0 spiro atoms. The summed E-state index contributed by atoms with van der Waals surface area (Å²) in [5.41, 5.74) is 0.560. The topological polar surface area (TPSA) is 178 Å². The van der Waals surface area contributed by atoms with Crippen LogP contribution in [-0.4, -0.2) is 59.0 Å². The molecule has 3 unspecified atom stereocenters. The van der Waals surface area contributed by atoms with Gasteiger partial charge in [0.25, 0.3) is 5.91 Å². The second-order valence-electron chi connectivity index (χ2n) is 6.66. The van der Waals surface area contributed by atoms with E-state index in [1.807, 2.05) is 10.8 Å². The van der Waals surface area contributed by atoms with Crippen LogP contribution in [-0.2, 0) is 16.4 Å². The largest absolute Gasteiger partial charge is 0.431 e. The van der Waals surface area contributed by atoms with Gasteiger partial charge in [-0.3, -0.25) is 9.78 Å². The Labute approximate surface area is 173 Å². The number of rotatable bonds is 11. The molecule has 0 aliphatic carbocycles. The first-order chi connectivity index (χ1) is 14.2. The number of aliphatic hydroxyl groups is 2. The number of aromatic nitrogens is 2. The van der Waals surface area contributed by atoms with E-state index in [0.717, 1.165) is 18.1 Å². The monoisotopic (exact) mass is 437 g/mol. The molecule has 0 saturated carbocycles. The Morgan fingerprint density at radius 1 is 1.33 bits per heavy atom. The van der Waals surface area contributed by atoms with Crippen molar-refractivity contribution in [1.29, 1.82) is 5.26 Å². The van der Waals surface area contributed by atoms with E-state index in [1.54, 1.807) is 24.5 Å². The van der Waals surface area contributed by atoms with Crippen molar-refractivity contribution < 1.29 is 27.8 Å². The molecule has 2 rings (SSSR count). The van der Waals surface area contributed by atoms with Crippen molar-refractivity contribution in [3.8, 4) is 6.07 Å². The van der Waals surface area contributed by atoms with Gasteiger partial charge in [-0.25, -0.2) is 13.1 Å². The van der Waals surface area contributed by atoms with Gasteiger partial charge in [0.05, 0.1) is 24.5 Å². The van der Waals surface area contributed by atoms with E-state index in [0.29, 0.717) is 6.42 Å². The summed E-state index contributed by atoms with van der Waals surface area (Å²) in [6.07, 6.45) is 3.53. The number of oxazole rings is 1. The van der Waals surface area contributed by atoms with Crippen LogP contribution in [0.1, 0.15) is 35.3 Å². The molecule has 4 N–H and O–H groups in total. The molecule has 0 bridgehead atoms. The van der Waals surface area contributed by atoms with Gasteiger partial charge >= 0.3 is 6.01 Å². The van der Waals surface area contributed by atoms with Crippen LogP contribution >= 0.6 is 0 Å². The molecule has 0 aliphatic rings. The lowest BCUT2D eigenvalue weighted by Gasteiger charge is -2.27. The molecule has 162 valence electrons. The van der Waals surface area contributed by atoms with Gasteiger partial charge in [-0.05, 0) is 37.0 Å². The number of nitrogens with zero attached hydrogens (tertiary/aromatic N) is 3. The fraction of sp³-hybridized carbons (Fsp3) is 0.444. The van der Waals surface area contributed by atoms with Crippen molar-refractivity contribution in [3.05, 3.63) is 42.0 Å². The number of nitriles is 1. The van der Waals surface area contributed by atoms with Crippen LogP contribution in [0.3, 0.4) is 0 Å². The first-order valence-electron chi connectivity index (χ1n) is 9.05. The van der Waals surface area contributed by atoms with E-state index in [2.05, 4.69) is 15.3 Å². The molecule has 2 aromatic heterocycles. The Kier molecular flexibility index (Phi) is 8.28. The second kappa shape index (κ2) is 10.7. The summed E-state index contributed by atoms with van der Waals surface area (Å²) in [7, 11) is -3.63. The summed E-state index contributed by atoms with van der Waals surface area (Å²) in [6, 6.07) is 4.12. The van der Waals surface area contributed by atoms with Gasteiger partial charge in [0, 0.05) is 18.8 Å². The molecule has 2 aromatic rings. The van der Waals surface area contributed by atoms with Crippen LogP contribution in [0, 0.1) is 11.3 Å². The number of nitrogens with one attached hydrogen (secondary N) is 2. The highest BCUT2D eigenvalue weighted by Gasteiger charge is 2.29. The van der Waals surface area contributed by atoms with Crippen molar-refractivity contribution in [2.24, 2.45) is 0 Å². The van der Waals surface area contributed by atoms with E-state index < -0.39 is 34.2 Å². The van der Waals surface area contributed by atoms with E-state index in [9.17, 15) is 23.4 Å². The number of hydrogen-bond donors (Lipinski definition) is 4. The summed E-state index contributed by atoms with van der Waals surface area (Å²) in [6.45, 7) is 0. The molecule has 0 aromatic carbocycles. The molecule has 0 aliphatic heterocycles. The summed E-state index contributed by atoms with van der Waals surface area (Å²) in [4.78, 5) is 20.2. The van der Waals surface area contributed by atoms with Crippen LogP contribution in [0.25, 0.3) is 0 Å². The van der Waals surface area contributed by atoms with Gasteiger partial charge in [-0.15, -0.1) is 0 Å². The van der Waals surface area contributed by atoms with Crippen molar-refractivity contribution >= 4 is 21.9 Å². The predicted octanol–water partition coefficient (Wildman–Crippen LogP) is 0.198. The standard InChI is InChI=1S/C18H23N5O6S/c1-30(27,28)23-18-22-14(11-29-18)17(26)21-13(10-12-5-8-20-9-6-12)16(25)15(24)4-2-3-7-19/h5-6,8-9,11,13,15-16,24-25H,2-4,10H2,1H3,(H,21,26)(H,22,23). The summed E-state index contributed by atoms with van der Waals surface area (Å²) < 4.78 is 29.4. The Morgan fingerprint density at radius 3 is 2.67 bits per heavy atom. The average Bonchev–Trinajstić information content (AvgIpc) is 3.14. The van der Waals surface area contributed by atoms with Crippen molar-refractivity contribution in [1.82, 2.24) is 15.3 Å². The Hall–Kier alpha value is -3.01. The molecular formula is C18H23N5O6S. The number of sulfonamides is 1. The SMILES string of the molecule is CS(=O)(=O)Nc1nc(C(=O)NC(Cc2ccncc2)C(O)C(O)CCCC#N)co1. The molecule has 12 heteroatoms. The van der Waals surface area contributed by atoms with Gasteiger partial charge in [0.2, 0.25) is 10.0 Å². The number of carbonyl (C=O) groups excluding carboxylic acids is 1. The van der Waals surface area contributed by atoms with Gasteiger partial charge in [0.1, 0.15) is 12.4 Å². The van der Waals surface area contributed by atoms with E-state index in [-0.39, 0.29) is 31.0 Å². The molecular weight excluding hydrogens is 414 g/mol. The van der Waals surface area contributed by atoms with Crippen LogP contribution in [0.5, 0.6) is 0 Å². The highest BCUT2D eigenvalue weighted by atomic mass is 32.2. The highest BCUT2D eigenvalue weighted by molar-refractivity contribution is 7.91. The number of amides is 1. The molecule has 30 heavy (non-hydrogen) atoms. The molecule has 0 radical (unpaired) electrons. The minimum absolute atomic E-state index is 0.184. The van der Waals surface area contributed by atoms with Gasteiger partial charge < -0.3 is 19.9 Å². The molecule has 2 heterocycles. The van der Waals surface area contributed by atoms with E-state index in [1.165, 1.54) is 0 Å². The highest BCUT2D eigenvalue weighted by Crippen LogP contribution is 2.14. The number of unbranched alkanes of at least 4 members (excludes halogenated alkanes) is 1. The minimum atomic E-state index is -3.63. The number of hydrogen-bond acceptors (Lipinski definition) is 9. The van der Waals surface area contributed by atoms with Gasteiger partial charge in [-0.2, -0.15) is 10.2 Å². The van der Waals surface area contributed by atoms with Crippen LogP contribution in [0.15, 0.2) is 35.2 Å². The lowest BCUT2D eigenvalue weighted by molar-refractivity contribution is -0.00792. The Morgan fingerprint density at radius 2 is 2.03 bits per heavy atom. The number of carbonyl (C=O) groups is 1. The van der Waals surface area contributed by atoms with Crippen LogP contribution in [0.2, 0.25) is 0 Å². The predicted molar refractivity (Wildman–Crippen MR) is 106 cm³/mol. The Balaban J connectivity index is 2.13. The maximum absolute atomic E-state index is 12.6. The summed E-state index contributed by atoms with van der Waals surface area (Å²) in [5, 5.41) is 32.1. The van der Waals surface area contributed by atoms with Crippen molar-refractivity contribution in [2.45, 2.75) is 43.9 Å². The van der Waals surface area contributed by atoms with Gasteiger partial charge in [-0.1, -0.05) is 0 Å². The van der Waals surface area contributed by atoms with Gasteiger partial charge in [0.15, 0.2) is 5.69 Å². The zero-order chi connectivity index (χ0) is 22.1. The quantitative estimate of drug-likeness (QED) is 0.357. The van der Waals surface area contributed by atoms with E-state index >= 15 is 0 Å². The minimum Gasteiger partial charge on any atom is -0.431 e. The number of anilines is 1. The normalized spacial score (nSPS) is 14.3. The fourth-order valence-electron chi connectivity index (χ4n) is 2.68. The maximum Gasteiger partial charge on any atom is 0.309 e. The zero-order valence-electron chi connectivity index (χ0n) is 16.2. The summed E-state index contributed by atoms with van der Waals surface area (Å²) >= 11 is 0. The maximum atomic E-state index is 12.6. The van der Waals surface area contributed by atoms with Crippen molar-refractivity contribution in [2.75, 3.05) is 11.0 Å². The lowest BCUT2D eigenvalue weighted by atomic mass is 9.95. The molecule has 1 amide bonds. The first kappa shape index (κ1) is 23.3. The second-order valence-corrected chi connectivity index (χ2v) is 8.41. The molecule has 3 atom stereocenters. The average molecular weight is 437 g/mol. The smallest absolute Gasteiger partial charge is 0.309 e. The fourth-order valence-corrected chi connectivity index (χ4v) is 3.10. The van der Waals surface area contributed by atoms with Crippen LogP contribution in [0.4, 0.5) is 6.01 Å². The number of pyridine rings is 1. The van der Waals surface area contributed by atoms with E-state index in [4.69, 9.17) is 9.68 Å². The third-order valence-electron chi connectivity index (χ3n) is 4.13. The zero-order valence-corrected chi connectivity index (χ0v) is 17.0. The first-order valence-corrected chi connectivity index (χ1v) is 10.9. The third kappa shape index (κ3) is 7.43. The Bertz CT molecular complexity index is 972. The third-order valence-corrected chi connectivity index (χ3v) is 4.67. The summed E-state index contributed by atoms with van der Waals surface area (Å²) in [5.74, 6) is -0.720. The molecule has 11 nitrogen and oxygen atoms in total. The molecule has 0 fully saturated rings. The number of aliphatic hydroxyl groups excluding tert-OH is 2.